The van der Waals surface area contributed by atoms with Crippen LogP contribution in [0.25, 0.3) is 0 Å². The van der Waals surface area contributed by atoms with Crippen molar-refractivity contribution < 1.29 is 13.2 Å². The number of guanidine groups is 1. The van der Waals surface area contributed by atoms with Crippen molar-refractivity contribution in [1.82, 2.24) is 15.2 Å². The fourth-order valence-electron chi connectivity index (χ4n) is 2.44. The van der Waals surface area contributed by atoms with Gasteiger partial charge in [0.05, 0.1) is 10.6 Å². The van der Waals surface area contributed by atoms with Crippen LogP contribution in [0.1, 0.15) is 27.9 Å². The van der Waals surface area contributed by atoms with E-state index in [0.717, 1.165) is 35.5 Å². The Balaban J connectivity index is 0.00000364. The second-order valence-electron chi connectivity index (χ2n) is 5.85. The van der Waals surface area contributed by atoms with Crippen molar-refractivity contribution in [2.75, 3.05) is 20.6 Å². The molecule has 0 atom stereocenters. The summed E-state index contributed by atoms with van der Waals surface area (Å²) in [4.78, 5) is 11.8. The largest absolute Gasteiger partial charge is 0.416 e. The molecule has 0 fully saturated rings. The van der Waals surface area contributed by atoms with E-state index in [1.54, 1.807) is 18.4 Å². The van der Waals surface area contributed by atoms with Gasteiger partial charge in [-0.25, -0.2) is 4.98 Å². The molecule has 4 nitrogen and oxygen atoms in total. The molecule has 0 aliphatic carbocycles. The molecule has 9 heteroatoms. The van der Waals surface area contributed by atoms with Crippen molar-refractivity contribution in [3.8, 4) is 0 Å². The van der Waals surface area contributed by atoms with Gasteiger partial charge in [0.2, 0.25) is 0 Å². The van der Waals surface area contributed by atoms with Gasteiger partial charge >= 0.3 is 6.18 Å². The third-order valence-corrected chi connectivity index (χ3v) is 5.05. The summed E-state index contributed by atoms with van der Waals surface area (Å²) in [7, 11) is 3.54. The normalized spacial score (nSPS) is 11.9. The summed E-state index contributed by atoms with van der Waals surface area (Å²) in [6, 6.07) is 5.20. The first-order chi connectivity index (χ1) is 12.3. The number of nitrogens with zero attached hydrogens (tertiary/aromatic N) is 3. The summed E-state index contributed by atoms with van der Waals surface area (Å²) in [5, 5.41) is 4.34. The Labute approximate surface area is 178 Å². The molecule has 1 N–H and O–H groups in total. The molecule has 0 saturated heterocycles. The Hall–Kier alpha value is -1.36. The van der Waals surface area contributed by atoms with Gasteiger partial charge in [0.1, 0.15) is 0 Å². The molecular formula is C18H24F3IN4S. The number of halogens is 4. The van der Waals surface area contributed by atoms with Gasteiger partial charge in [-0.15, -0.1) is 35.3 Å². The standard InChI is InChI=1S/C18H23F3N4S.HI/c1-4-15-11-24-16(26-15)9-10-23-17(22-2)25(3)12-13-5-7-14(8-6-13)18(19,20)21;/h5-8,11H,4,9-10,12H2,1-3H3,(H,22,23);1H. The molecular weight excluding hydrogens is 488 g/mol. The van der Waals surface area contributed by atoms with E-state index in [4.69, 9.17) is 0 Å². The summed E-state index contributed by atoms with van der Waals surface area (Å²) < 4.78 is 37.9. The van der Waals surface area contributed by atoms with Crippen LogP contribution in [-0.4, -0.2) is 36.5 Å². The van der Waals surface area contributed by atoms with Crippen LogP contribution in [0.4, 0.5) is 13.2 Å². The number of aryl methyl sites for hydroxylation is 1. The topological polar surface area (TPSA) is 40.5 Å². The van der Waals surface area contributed by atoms with E-state index in [1.807, 2.05) is 18.1 Å². The van der Waals surface area contributed by atoms with Gasteiger partial charge in [-0.1, -0.05) is 19.1 Å². The first-order valence-electron chi connectivity index (χ1n) is 8.35. The average molecular weight is 512 g/mol. The van der Waals surface area contributed by atoms with E-state index < -0.39 is 11.7 Å². The minimum atomic E-state index is -4.31. The maximum absolute atomic E-state index is 12.6. The number of hydrogen-bond acceptors (Lipinski definition) is 3. The van der Waals surface area contributed by atoms with Crippen LogP contribution in [0, 0.1) is 0 Å². The van der Waals surface area contributed by atoms with Crippen LogP contribution in [0.5, 0.6) is 0 Å². The number of hydrogen-bond donors (Lipinski definition) is 1. The highest BCUT2D eigenvalue weighted by Crippen LogP contribution is 2.29. The third kappa shape index (κ3) is 7.28. The van der Waals surface area contributed by atoms with Crippen molar-refractivity contribution >= 4 is 41.3 Å². The number of alkyl halides is 3. The first kappa shape index (κ1) is 23.7. The molecule has 0 spiro atoms. The van der Waals surface area contributed by atoms with Crippen molar-refractivity contribution in [3.05, 3.63) is 51.5 Å². The lowest BCUT2D eigenvalue weighted by atomic mass is 10.1. The molecule has 2 rings (SSSR count). The van der Waals surface area contributed by atoms with Gasteiger partial charge < -0.3 is 10.2 Å². The highest BCUT2D eigenvalue weighted by atomic mass is 127. The van der Waals surface area contributed by atoms with Crippen LogP contribution in [0.3, 0.4) is 0 Å². The SMILES string of the molecule is CCc1cnc(CCNC(=NC)N(C)Cc2ccc(C(F)(F)F)cc2)s1.I. The lowest BCUT2D eigenvalue weighted by Crippen LogP contribution is -2.39. The Morgan fingerprint density at radius 1 is 1.26 bits per heavy atom. The zero-order chi connectivity index (χ0) is 19.2. The maximum Gasteiger partial charge on any atom is 0.416 e. The zero-order valence-corrected chi connectivity index (χ0v) is 18.7. The van der Waals surface area contributed by atoms with Crippen molar-refractivity contribution in [1.29, 1.82) is 0 Å². The van der Waals surface area contributed by atoms with Gasteiger partial charge in [0, 0.05) is 44.7 Å². The quantitative estimate of drug-likeness (QED) is 0.350. The second-order valence-corrected chi connectivity index (χ2v) is 7.05. The Kier molecular flexibility index (Phi) is 9.51. The summed E-state index contributed by atoms with van der Waals surface area (Å²) in [6.45, 7) is 3.27. The molecule has 0 bridgehead atoms. The predicted octanol–water partition coefficient (Wildman–Crippen LogP) is 4.59. The van der Waals surface area contributed by atoms with E-state index >= 15 is 0 Å². The first-order valence-corrected chi connectivity index (χ1v) is 9.16. The van der Waals surface area contributed by atoms with Crippen LogP contribution < -0.4 is 5.32 Å². The van der Waals surface area contributed by atoms with Gasteiger partial charge in [0.25, 0.3) is 0 Å². The summed E-state index contributed by atoms with van der Waals surface area (Å²) >= 11 is 1.71. The van der Waals surface area contributed by atoms with Gasteiger partial charge in [-0.2, -0.15) is 13.2 Å². The second kappa shape index (κ2) is 10.8. The van der Waals surface area contributed by atoms with Crippen LogP contribution in [0.2, 0.25) is 0 Å². The number of thiazole rings is 1. The summed E-state index contributed by atoms with van der Waals surface area (Å²) in [6.07, 6.45) is -0.610. The highest BCUT2D eigenvalue weighted by molar-refractivity contribution is 14.0. The summed E-state index contributed by atoms with van der Waals surface area (Å²) in [5.41, 5.74) is 0.150. The molecule has 0 unspecified atom stereocenters. The van der Waals surface area contributed by atoms with E-state index in [1.165, 1.54) is 17.0 Å². The van der Waals surface area contributed by atoms with E-state index in [2.05, 4.69) is 22.2 Å². The van der Waals surface area contributed by atoms with Crippen molar-refractivity contribution in [2.24, 2.45) is 4.99 Å². The molecule has 1 aromatic heterocycles. The predicted molar refractivity (Wildman–Crippen MR) is 115 cm³/mol. The van der Waals surface area contributed by atoms with Gasteiger partial charge in [0.15, 0.2) is 5.96 Å². The fraction of sp³-hybridized carbons (Fsp3) is 0.444. The molecule has 0 aliphatic rings. The average Bonchev–Trinajstić information content (AvgIpc) is 3.06. The smallest absolute Gasteiger partial charge is 0.356 e. The number of benzene rings is 1. The molecule has 1 heterocycles. The monoisotopic (exact) mass is 512 g/mol. The Morgan fingerprint density at radius 3 is 2.44 bits per heavy atom. The summed E-state index contributed by atoms with van der Waals surface area (Å²) in [5.74, 6) is 0.692. The number of rotatable bonds is 6. The molecule has 0 aliphatic heterocycles. The molecule has 27 heavy (non-hydrogen) atoms. The van der Waals surface area contributed by atoms with E-state index in [-0.39, 0.29) is 24.0 Å². The van der Waals surface area contributed by atoms with Crippen LogP contribution in [-0.2, 0) is 25.6 Å². The van der Waals surface area contributed by atoms with Crippen molar-refractivity contribution in [2.45, 2.75) is 32.5 Å². The lowest BCUT2D eigenvalue weighted by Gasteiger charge is -2.22. The van der Waals surface area contributed by atoms with Crippen molar-refractivity contribution in [3.63, 3.8) is 0 Å². The lowest BCUT2D eigenvalue weighted by molar-refractivity contribution is -0.137. The molecule has 1 aromatic carbocycles. The number of nitrogens with one attached hydrogen (secondary N) is 1. The zero-order valence-electron chi connectivity index (χ0n) is 15.5. The van der Waals surface area contributed by atoms with E-state index in [9.17, 15) is 13.2 Å². The molecule has 0 amide bonds. The number of aromatic nitrogens is 1. The maximum atomic E-state index is 12.6. The number of aliphatic imine (C=N–C) groups is 1. The van der Waals surface area contributed by atoms with Crippen LogP contribution >= 0.6 is 35.3 Å². The Bertz CT molecular complexity index is 729. The highest BCUT2D eigenvalue weighted by Gasteiger charge is 2.29. The Morgan fingerprint density at radius 2 is 1.93 bits per heavy atom. The van der Waals surface area contributed by atoms with Gasteiger partial charge in [-0.05, 0) is 24.1 Å². The minimum absolute atomic E-state index is 0. The minimum Gasteiger partial charge on any atom is -0.356 e. The van der Waals surface area contributed by atoms with Crippen LogP contribution in [0.15, 0.2) is 35.5 Å². The van der Waals surface area contributed by atoms with E-state index in [0.29, 0.717) is 19.0 Å². The molecule has 2 aromatic rings. The molecule has 150 valence electrons. The molecule has 0 saturated carbocycles. The third-order valence-electron chi connectivity index (χ3n) is 3.85. The molecule has 0 radical (unpaired) electrons. The fourth-order valence-corrected chi connectivity index (χ4v) is 3.30. The van der Waals surface area contributed by atoms with Gasteiger partial charge in [-0.3, -0.25) is 4.99 Å².